The molecular formula is C27H33N5O. The first-order chi connectivity index (χ1) is 15.9. The van der Waals surface area contributed by atoms with Gasteiger partial charge < -0.3 is 14.4 Å². The molecule has 0 saturated carbocycles. The Hall–Kier alpha value is -3.12. The predicted octanol–water partition coefficient (Wildman–Crippen LogP) is 4.00. The largest absolute Gasteiger partial charge is 0.378 e. The van der Waals surface area contributed by atoms with Gasteiger partial charge in [-0.1, -0.05) is 35.9 Å². The number of benzene rings is 2. The third-order valence-corrected chi connectivity index (χ3v) is 7.50. The molecule has 3 aromatic rings. The van der Waals surface area contributed by atoms with E-state index in [0.717, 1.165) is 56.1 Å². The molecule has 0 bridgehead atoms. The van der Waals surface area contributed by atoms with Crippen molar-refractivity contribution >= 4 is 11.6 Å². The molecule has 1 spiro atoms. The molecule has 0 N–H and O–H groups in total. The Bertz CT molecular complexity index is 1160. The summed E-state index contributed by atoms with van der Waals surface area (Å²) in [6, 6.07) is 16.6. The molecule has 0 radical (unpaired) electrons. The molecule has 1 amide bonds. The average Bonchev–Trinajstić information content (AvgIpc) is 3.27. The Morgan fingerprint density at radius 1 is 1.00 bits per heavy atom. The Morgan fingerprint density at radius 2 is 1.73 bits per heavy atom. The van der Waals surface area contributed by atoms with E-state index in [4.69, 9.17) is 4.98 Å². The SMILES string of the molecule is Cc1ccc(-c2cnc3n2CCN(C)C32CCN(C(=O)c3cccc(N(C)C)c3)CC2)cc1. The van der Waals surface area contributed by atoms with Crippen molar-refractivity contribution in [3.63, 3.8) is 0 Å². The van der Waals surface area contributed by atoms with Crippen molar-refractivity contribution in [2.24, 2.45) is 0 Å². The van der Waals surface area contributed by atoms with Gasteiger partial charge in [-0.25, -0.2) is 4.98 Å². The number of likely N-dealkylation sites (tertiary alicyclic amines) is 1. The number of hydrogen-bond acceptors (Lipinski definition) is 4. The van der Waals surface area contributed by atoms with Gasteiger partial charge in [-0.05, 0) is 50.6 Å². The van der Waals surface area contributed by atoms with E-state index >= 15 is 0 Å². The summed E-state index contributed by atoms with van der Waals surface area (Å²) >= 11 is 0. The molecule has 2 aromatic carbocycles. The maximum absolute atomic E-state index is 13.3. The summed E-state index contributed by atoms with van der Waals surface area (Å²) < 4.78 is 2.41. The average molecular weight is 444 g/mol. The fourth-order valence-corrected chi connectivity index (χ4v) is 5.35. The lowest BCUT2D eigenvalue weighted by atomic mass is 9.83. The number of likely N-dealkylation sites (N-methyl/N-ethyl adjacent to an activating group) is 1. The highest BCUT2D eigenvalue weighted by Gasteiger charge is 2.46. The first-order valence-corrected chi connectivity index (χ1v) is 11.8. The highest BCUT2D eigenvalue weighted by molar-refractivity contribution is 5.95. The third-order valence-electron chi connectivity index (χ3n) is 7.50. The number of imidazole rings is 1. The number of carbonyl (C=O) groups is 1. The number of carbonyl (C=O) groups excluding carboxylic acids is 1. The standard InChI is InChI=1S/C27H33N5O/c1-20-8-10-21(11-9-20)24-19-28-26-27(30(4)16-17-32(24)26)12-14-31(15-13-27)25(33)22-6-5-7-23(18-22)29(2)3/h5-11,18-19H,12-17H2,1-4H3. The second-order valence-electron chi connectivity index (χ2n) is 9.67. The van der Waals surface area contributed by atoms with E-state index in [2.05, 4.69) is 47.7 Å². The van der Waals surface area contributed by atoms with Crippen LogP contribution in [0.3, 0.4) is 0 Å². The van der Waals surface area contributed by atoms with E-state index in [1.807, 2.05) is 54.4 Å². The maximum Gasteiger partial charge on any atom is 0.253 e. The maximum atomic E-state index is 13.3. The lowest BCUT2D eigenvalue weighted by molar-refractivity contribution is 0.0101. The molecule has 3 heterocycles. The van der Waals surface area contributed by atoms with E-state index in [1.165, 1.54) is 16.8 Å². The second kappa shape index (κ2) is 8.34. The molecule has 172 valence electrons. The van der Waals surface area contributed by atoms with Gasteiger partial charge in [0, 0.05) is 51.5 Å². The van der Waals surface area contributed by atoms with Gasteiger partial charge in [0.15, 0.2) is 0 Å². The van der Waals surface area contributed by atoms with Crippen LogP contribution in [0, 0.1) is 6.92 Å². The molecule has 0 atom stereocenters. The van der Waals surface area contributed by atoms with Crippen molar-refractivity contribution in [3.8, 4) is 11.3 Å². The Kier molecular flexibility index (Phi) is 5.49. The minimum absolute atomic E-state index is 0.121. The summed E-state index contributed by atoms with van der Waals surface area (Å²) in [7, 11) is 6.21. The van der Waals surface area contributed by atoms with Crippen LogP contribution in [0.5, 0.6) is 0 Å². The zero-order valence-electron chi connectivity index (χ0n) is 20.1. The Morgan fingerprint density at radius 3 is 2.42 bits per heavy atom. The number of fused-ring (bicyclic) bond motifs is 2. The summed E-state index contributed by atoms with van der Waals surface area (Å²) in [5.41, 5.74) is 5.36. The Balaban J connectivity index is 1.39. The number of rotatable bonds is 3. The van der Waals surface area contributed by atoms with Gasteiger partial charge in [-0.2, -0.15) is 0 Å². The van der Waals surface area contributed by atoms with Crippen LogP contribution in [0.2, 0.25) is 0 Å². The lowest BCUT2D eigenvalue weighted by Crippen LogP contribution is -2.57. The van der Waals surface area contributed by atoms with Crippen LogP contribution in [0.4, 0.5) is 5.69 Å². The summed E-state index contributed by atoms with van der Waals surface area (Å²) in [4.78, 5) is 24.7. The summed E-state index contributed by atoms with van der Waals surface area (Å²) in [5.74, 6) is 1.27. The van der Waals surface area contributed by atoms with Crippen LogP contribution < -0.4 is 4.90 Å². The van der Waals surface area contributed by atoms with Crippen LogP contribution in [0.1, 0.15) is 34.6 Å². The van der Waals surface area contributed by atoms with E-state index in [1.54, 1.807) is 0 Å². The van der Waals surface area contributed by atoms with Crippen molar-refractivity contribution in [1.82, 2.24) is 19.4 Å². The van der Waals surface area contributed by atoms with E-state index < -0.39 is 0 Å². The van der Waals surface area contributed by atoms with Crippen LogP contribution in [0.25, 0.3) is 11.3 Å². The summed E-state index contributed by atoms with van der Waals surface area (Å²) in [5, 5.41) is 0. The molecule has 2 aliphatic heterocycles. The first-order valence-electron chi connectivity index (χ1n) is 11.8. The molecular weight excluding hydrogens is 410 g/mol. The van der Waals surface area contributed by atoms with Gasteiger partial charge in [0.2, 0.25) is 0 Å². The smallest absolute Gasteiger partial charge is 0.253 e. The third kappa shape index (κ3) is 3.72. The zero-order valence-corrected chi connectivity index (χ0v) is 20.1. The van der Waals surface area contributed by atoms with Crippen LogP contribution in [-0.4, -0.2) is 66.0 Å². The van der Waals surface area contributed by atoms with Gasteiger partial charge in [0.25, 0.3) is 5.91 Å². The van der Waals surface area contributed by atoms with Crippen molar-refractivity contribution in [3.05, 3.63) is 71.7 Å². The predicted molar refractivity (Wildman–Crippen MR) is 133 cm³/mol. The number of aromatic nitrogens is 2. The highest BCUT2D eigenvalue weighted by atomic mass is 16.2. The van der Waals surface area contributed by atoms with Crippen molar-refractivity contribution in [2.75, 3.05) is 45.7 Å². The molecule has 0 aliphatic carbocycles. The molecule has 0 unspecified atom stereocenters. The monoisotopic (exact) mass is 443 g/mol. The van der Waals surface area contributed by atoms with Gasteiger partial charge in [0.1, 0.15) is 5.82 Å². The van der Waals surface area contributed by atoms with E-state index in [-0.39, 0.29) is 11.4 Å². The molecule has 1 fully saturated rings. The van der Waals surface area contributed by atoms with Gasteiger partial charge in [-0.15, -0.1) is 0 Å². The van der Waals surface area contributed by atoms with E-state index in [0.29, 0.717) is 0 Å². The first kappa shape index (κ1) is 21.7. The summed E-state index contributed by atoms with van der Waals surface area (Å²) in [6.07, 6.45) is 3.82. The van der Waals surface area contributed by atoms with Gasteiger partial charge >= 0.3 is 0 Å². The summed E-state index contributed by atoms with van der Waals surface area (Å²) in [6.45, 7) is 5.52. The number of amides is 1. The quantitative estimate of drug-likeness (QED) is 0.614. The van der Waals surface area contributed by atoms with Crippen LogP contribution >= 0.6 is 0 Å². The minimum atomic E-state index is -0.122. The normalized spacial score (nSPS) is 17.8. The Labute approximate surface area is 196 Å². The topological polar surface area (TPSA) is 44.6 Å². The van der Waals surface area contributed by atoms with E-state index in [9.17, 15) is 4.79 Å². The van der Waals surface area contributed by atoms with Crippen molar-refractivity contribution in [2.45, 2.75) is 31.8 Å². The molecule has 6 heteroatoms. The van der Waals surface area contributed by atoms with Gasteiger partial charge in [-0.3, -0.25) is 9.69 Å². The second-order valence-corrected chi connectivity index (χ2v) is 9.67. The lowest BCUT2D eigenvalue weighted by Gasteiger charge is -2.49. The molecule has 2 aliphatic rings. The number of anilines is 1. The molecule has 1 aromatic heterocycles. The van der Waals surface area contributed by atoms with Crippen molar-refractivity contribution < 1.29 is 4.79 Å². The molecule has 5 rings (SSSR count). The molecule has 1 saturated heterocycles. The van der Waals surface area contributed by atoms with Crippen molar-refractivity contribution in [1.29, 1.82) is 0 Å². The molecule has 6 nitrogen and oxygen atoms in total. The fraction of sp³-hybridized carbons (Fsp3) is 0.407. The number of hydrogen-bond donors (Lipinski definition) is 0. The van der Waals surface area contributed by atoms with Gasteiger partial charge in [0.05, 0.1) is 17.4 Å². The number of aryl methyl sites for hydroxylation is 1. The van der Waals surface area contributed by atoms with Crippen LogP contribution in [0.15, 0.2) is 54.7 Å². The number of nitrogens with zero attached hydrogens (tertiary/aromatic N) is 5. The highest BCUT2D eigenvalue weighted by Crippen LogP contribution is 2.41. The molecule has 33 heavy (non-hydrogen) atoms. The number of piperidine rings is 1. The van der Waals surface area contributed by atoms with Crippen LogP contribution in [-0.2, 0) is 12.1 Å². The minimum Gasteiger partial charge on any atom is -0.378 e. The zero-order chi connectivity index (χ0) is 23.2. The fourth-order valence-electron chi connectivity index (χ4n) is 5.35.